The molecular formula is C12H12N2O2. The van der Waals surface area contributed by atoms with Gasteiger partial charge in [0.05, 0.1) is 11.3 Å². The van der Waals surface area contributed by atoms with E-state index in [2.05, 4.69) is 5.32 Å². The Morgan fingerprint density at radius 2 is 2.19 bits per heavy atom. The molecule has 1 unspecified atom stereocenters. The van der Waals surface area contributed by atoms with Crippen molar-refractivity contribution in [2.75, 3.05) is 11.9 Å². The topological polar surface area (TPSA) is 49.4 Å². The number of fused-ring (bicyclic) bond motifs is 2. The smallest absolute Gasteiger partial charge is 0.256 e. The summed E-state index contributed by atoms with van der Waals surface area (Å²) in [6.45, 7) is 2.58. The van der Waals surface area contributed by atoms with E-state index in [9.17, 15) is 9.59 Å². The van der Waals surface area contributed by atoms with Crippen molar-refractivity contribution in [1.29, 1.82) is 0 Å². The van der Waals surface area contributed by atoms with Crippen molar-refractivity contribution in [3.63, 3.8) is 0 Å². The molecule has 4 nitrogen and oxygen atoms in total. The van der Waals surface area contributed by atoms with Crippen molar-refractivity contribution < 1.29 is 9.59 Å². The number of rotatable bonds is 0. The van der Waals surface area contributed by atoms with Gasteiger partial charge in [-0.2, -0.15) is 0 Å². The minimum Gasteiger partial charge on any atom is -0.326 e. The van der Waals surface area contributed by atoms with Crippen LogP contribution in [-0.4, -0.2) is 29.3 Å². The fourth-order valence-electron chi connectivity index (χ4n) is 2.32. The van der Waals surface area contributed by atoms with E-state index in [0.29, 0.717) is 17.8 Å². The van der Waals surface area contributed by atoms with Gasteiger partial charge in [0.2, 0.25) is 5.91 Å². The van der Waals surface area contributed by atoms with Gasteiger partial charge in [0.1, 0.15) is 6.04 Å². The van der Waals surface area contributed by atoms with Crippen LogP contribution >= 0.6 is 0 Å². The van der Waals surface area contributed by atoms with Crippen LogP contribution in [0, 0.1) is 6.92 Å². The standard InChI is InChI=1S/C12H12N2O2/c1-7-3-2-4-8-10(7)12(16)14-6-5-9(14)11(15)13-8/h2-4,9H,5-6H2,1H3,(H,13,15). The van der Waals surface area contributed by atoms with Crippen LogP contribution in [0.3, 0.4) is 0 Å². The maximum Gasteiger partial charge on any atom is 0.256 e. The zero-order valence-electron chi connectivity index (χ0n) is 8.99. The maximum absolute atomic E-state index is 12.2. The Bertz CT molecular complexity index is 496. The molecule has 1 saturated heterocycles. The highest BCUT2D eigenvalue weighted by atomic mass is 16.2. The number of benzene rings is 1. The number of carbonyl (C=O) groups excluding carboxylic acids is 2. The monoisotopic (exact) mass is 216 g/mol. The first-order valence-electron chi connectivity index (χ1n) is 5.40. The molecule has 0 bridgehead atoms. The van der Waals surface area contributed by atoms with Crippen LogP contribution in [-0.2, 0) is 4.79 Å². The molecule has 1 aromatic carbocycles. The average molecular weight is 216 g/mol. The largest absolute Gasteiger partial charge is 0.326 e. The van der Waals surface area contributed by atoms with Gasteiger partial charge in [0, 0.05) is 6.54 Å². The van der Waals surface area contributed by atoms with E-state index in [-0.39, 0.29) is 17.9 Å². The molecule has 82 valence electrons. The minimum atomic E-state index is -0.265. The van der Waals surface area contributed by atoms with E-state index in [4.69, 9.17) is 0 Å². The summed E-state index contributed by atoms with van der Waals surface area (Å²) in [5.41, 5.74) is 2.19. The first-order chi connectivity index (χ1) is 7.68. The second kappa shape index (κ2) is 3.07. The summed E-state index contributed by atoms with van der Waals surface area (Å²) in [6.07, 6.45) is 0.768. The lowest BCUT2D eigenvalue weighted by molar-refractivity contribution is -0.123. The van der Waals surface area contributed by atoms with E-state index in [1.807, 2.05) is 19.1 Å². The van der Waals surface area contributed by atoms with Gasteiger partial charge in [-0.25, -0.2) is 0 Å². The maximum atomic E-state index is 12.2. The second-order valence-electron chi connectivity index (χ2n) is 4.29. The van der Waals surface area contributed by atoms with Crippen LogP contribution in [0.15, 0.2) is 18.2 Å². The van der Waals surface area contributed by atoms with Gasteiger partial charge in [0.25, 0.3) is 5.91 Å². The number of nitrogens with zero attached hydrogens (tertiary/aromatic N) is 1. The molecule has 1 fully saturated rings. The molecule has 0 aromatic heterocycles. The molecular weight excluding hydrogens is 204 g/mol. The average Bonchev–Trinajstić information content (AvgIpc) is 2.20. The highest BCUT2D eigenvalue weighted by molar-refractivity contribution is 6.11. The Kier molecular flexibility index (Phi) is 1.80. The van der Waals surface area contributed by atoms with Crippen LogP contribution < -0.4 is 5.32 Å². The molecule has 1 aromatic rings. The Morgan fingerprint density at radius 1 is 1.38 bits per heavy atom. The van der Waals surface area contributed by atoms with E-state index in [0.717, 1.165) is 12.0 Å². The summed E-state index contributed by atoms with van der Waals surface area (Å²) in [4.78, 5) is 25.6. The zero-order chi connectivity index (χ0) is 11.3. The molecule has 2 amide bonds. The Hall–Kier alpha value is -1.84. The third-order valence-corrected chi connectivity index (χ3v) is 3.33. The van der Waals surface area contributed by atoms with E-state index >= 15 is 0 Å². The quantitative estimate of drug-likeness (QED) is 0.707. The first kappa shape index (κ1) is 9.39. The van der Waals surface area contributed by atoms with Gasteiger partial charge in [-0.05, 0) is 25.0 Å². The Labute approximate surface area is 93.2 Å². The molecule has 4 heteroatoms. The highest BCUT2D eigenvalue weighted by Gasteiger charge is 2.41. The summed E-state index contributed by atoms with van der Waals surface area (Å²) < 4.78 is 0. The number of nitrogens with one attached hydrogen (secondary N) is 1. The lowest BCUT2D eigenvalue weighted by Gasteiger charge is -2.37. The third kappa shape index (κ3) is 1.10. The normalized spacial score (nSPS) is 22.8. The number of carbonyl (C=O) groups is 2. The van der Waals surface area contributed by atoms with Crippen molar-refractivity contribution in [3.8, 4) is 0 Å². The summed E-state index contributed by atoms with van der Waals surface area (Å²) in [5.74, 6) is -0.0911. The van der Waals surface area contributed by atoms with E-state index in [1.165, 1.54) is 0 Å². The predicted octanol–water partition coefficient (Wildman–Crippen LogP) is 1.16. The van der Waals surface area contributed by atoms with Crippen LogP contribution in [0.25, 0.3) is 0 Å². The SMILES string of the molecule is Cc1cccc2c1C(=O)N1CCC1C(=O)N2. The number of hydrogen-bond acceptors (Lipinski definition) is 2. The second-order valence-corrected chi connectivity index (χ2v) is 4.29. The Balaban J connectivity index is 2.17. The van der Waals surface area contributed by atoms with Crippen molar-refractivity contribution in [3.05, 3.63) is 29.3 Å². The van der Waals surface area contributed by atoms with Crippen LogP contribution in [0.2, 0.25) is 0 Å². The van der Waals surface area contributed by atoms with Crippen molar-refractivity contribution >= 4 is 17.5 Å². The van der Waals surface area contributed by atoms with Crippen molar-refractivity contribution in [1.82, 2.24) is 4.90 Å². The summed E-state index contributed by atoms with van der Waals surface area (Å²) in [5, 5.41) is 2.82. The van der Waals surface area contributed by atoms with E-state index in [1.54, 1.807) is 11.0 Å². The fraction of sp³-hybridized carbons (Fsp3) is 0.333. The fourth-order valence-corrected chi connectivity index (χ4v) is 2.32. The molecule has 3 rings (SSSR count). The van der Waals surface area contributed by atoms with Crippen LogP contribution in [0.5, 0.6) is 0 Å². The van der Waals surface area contributed by atoms with Crippen molar-refractivity contribution in [2.45, 2.75) is 19.4 Å². The first-order valence-corrected chi connectivity index (χ1v) is 5.40. The molecule has 16 heavy (non-hydrogen) atoms. The molecule has 1 N–H and O–H groups in total. The van der Waals surface area contributed by atoms with Gasteiger partial charge < -0.3 is 10.2 Å². The number of hydrogen-bond donors (Lipinski definition) is 1. The molecule has 2 aliphatic rings. The summed E-state index contributed by atoms with van der Waals surface area (Å²) in [7, 11) is 0. The van der Waals surface area contributed by atoms with Gasteiger partial charge in [-0.3, -0.25) is 9.59 Å². The molecule has 2 heterocycles. The van der Waals surface area contributed by atoms with Crippen molar-refractivity contribution in [2.24, 2.45) is 0 Å². The van der Waals surface area contributed by atoms with Gasteiger partial charge in [0.15, 0.2) is 0 Å². The molecule has 0 radical (unpaired) electrons. The molecule has 1 atom stereocenters. The Morgan fingerprint density at radius 3 is 2.88 bits per heavy atom. The minimum absolute atomic E-state index is 0.0253. The molecule has 2 aliphatic heterocycles. The molecule has 0 spiro atoms. The lowest BCUT2D eigenvalue weighted by Crippen LogP contribution is -2.55. The lowest BCUT2D eigenvalue weighted by atomic mass is 10.0. The zero-order valence-corrected chi connectivity index (χ0v) is 8.99. The summed E-state index contributed by atoms with van der Waals surface area (Å²) >= 11 is 0. The van der Waals surface area contributed by atoms with Crippen LogP contribution in [0.4, 0.5) is 5.69 Å². The predicted molar refractivity (Wildman–Crippen MR) is 59.3 cm³/mol. The van der Waals surface area contributed by atoms with Gasteiger partial charge in [-0.15, -0.1) is 0 Å². The highest BCUT2D eigenvalue weighted by Crippen LogP contribution is 2.30. The molecule has 0 saturated carbocycles. The number of anilines is 1. The van der Waals surface area contributed by atoms with Crippen LogP contribution in [0.1, 0.15) is 22.3 Å². The number of aryl methyl sites for hydroxylation is 1. The van der Waals surface area contributed by atoms with E-state index < -0.39 is 0 Å². The molecule has 0 aliphatic carbocycles. The van der Waals surface area contributed by atoms with Gasteiger partial charge >= 0.3 is 0 Å². The third-order valence-electron chi connectivity index (χ3n) is 3.33. The summed E-state index contributed by atoms with van der Waals surface area (Å²) in [6, 6.07) is 5.26. The number of amides is 2. The van der Waals surface area contributed by atoms with Gasteiger partial charge in [-0.1, -0.05) is 12.1 Å².